The number of anilines is 2. The second-order valence-corrected chi connectivity index (χ2v) is 5.22. The number of hydrogen-bond donors (Lipinski definition) is 1. The van der Waals surface area contributed by atoms with Gasteiger partial charge in [-0.25, -0.2) is 9.97 Å². The van der Waals surface area contributed by atoms with E-state index in [1.165, 1.54) is 6.20 Å². The Bertz CT molecular complexity index is 611. The summed E-state index contributed by atoms with van der Waals surface area (Å²) in [6.07, 6.45) is 3.13. The van der Waals surface area contributed by atoms with Crippen LogP contribution in [0.4, 0.5) is 11.5 Å². The fourth-order valence-corrected chi connectivity index (χ4v) is 2.28. The maximum atomic E-state index is 12.1. The van der Waals surface area contributed by atoms with Crippen molar-refractivity contribution >= 4 is 33.3 Å². The highest BCUT2D eigenvalue weighted by Gasteiger charge is 2.11. The molecule has 0 bridgehead atoms. The molecule has 0 spiro atoms. The third kappa shape index (κ3) is 3.78. The summed E-state index contributed by atoms with van der Waals surface area (Å²) in [6, 6.07) is 7.43. The maximum Gasteiger partial charge on any atom is 0.275 e. The lowest BCUT2D eigenvalue weighted by atomic mass is 10.3. The number of hydrogen-bond acceptors (Lipinski definition) is 4. The van der Waals surface area contributed by atoms with Crippen LogP contribution < -0.4 is 10.2 Å². The van der Waals surface area contributed by atoms with E-state index in [1.807, 2.05) is 24.3 Å². The van der Waals surface area contributed by atoms with Gasteiger partial charge in [0.15, 0.2) is 0 Å². The quantitative estimate of drug-likeness (QED) is 0.900. The van der Waals surface area contributed by atoms with E-state index in [0.717, 1.165) is 23.4 Å². The molecular weight excluding hydrogens is 332 g/mol. The zero-order valence-corrected chi connectivity index (χ0v) is 13.6. The van der Waals surface area contributed by atoms with E-state index in [-0.39, 0.29) is 5.91 Å². The van der Waals surface area contributed by atoms with Crippen LogP contribution in [0.1, 0.15) is 24.3 Å². The van der Waals surface area contributed by atoms with Gasteiger partial charge in [-0.05, 0) is 41.9 Å². The Morgan fingerprint density at radius 3 is 2.48 bits per heavy atom. The van der Waals surface area contributed by atoms with Crippen LogP contribution in [0.5, 0.6) is 0 Å². The Balaban J connectivity index is 2.12. The molecule has 0 aliphatic rings. The largest absolute Gasteiger partial charge is 0.356 e. The lowest BCUT2D eigenvalue weighted by Gasteiger charge is -2.19. The molecule has 0 atom stereocenters. The molecule has 0 aliphatic carbocycles. The van der Waals surface area contributed by atoms with Gasteiger partial charge in [-0.2, -0.15) is 0 Å². The van der Waals surface area contributed by atoms with Gasteiger partial charge in [0.25, 0.3) is 5.91 Å². The molecule has 0 fully saturated rings. The summed E-state index contributed by atoms with van der Waals surface area (Å²) in [5.74, 6) is 0.498. The van der Waals surface area contributed by atoms with Crippen molar-refractivity contribution in [2.45, 2.75) is 13.8 Å². The van der Waals surface area contributed by atoms with Crippen LogP contribution in [0.25, 0.3) is 0 Å². The summed E-state index contributed by atoms with van der Waals surface area (Å²) in [5, 5.41) is 2.80. The van der Waals surface area contributed by atoms with E-state index in [0.29, 0.717) is 11.4 Å². The number of nitrogens with one attached hydrogen (secondary N) is 1. The highest BCUT2D eigenvalue weighted by molar-refractivity contribution is 9.10. The maximum absolute atomic E-state index is 12.1. The Hall–Kier alpha value is -1.95. The first-order valence-corrected chi connectivity index (χ1v) is 7.57. The summed E-state index contributed by atoms with van der Waals surface area (Å²) in [7, 11) is 0. The Labute approximate surface area is 132 Å². The average Bonchev–Trinajstić information content (AvgIpc) is 2.51. The molecule has 5 nitrogen and oxygen atoms in total. The van der Waals surface area contributed by atoms with E-state index in [2.05, 4.69) is 50.0 Å². The number of carbonyl (C=O) groups excluding carboxylic acids is 1. The van der Waals surface area contributed by atoms with E-state index in [9.17, 15) is 4.79 Å². The van der Waals surface area contributed by atoms with Crippen molar-refractivity contribution in [3.63, 3.8) is 0 Å². The van der Waals surface area contributed by atoms with E-state index >= 15 is 0 Å². The minimum Gasteiger partial charge on any atom is -0.356 e. The van der Waals surface area contributed by atoms with Crippen LogP contribution in [0.2, 0.25) is 0 Å². The smallest absolute Gasteiger partial charge is 0.275 e. The number of aromatic nitrogens is 2. The normalized spacial score (nSPS) is 10.2. The number of para-hydroxylation sites is 1. The van der Waals surface area contributed by atoms with Crippen LogP contribution in [0.3, 0.4) is 0 Å². The third-order valence-electron chi connectivity index (χ3n) is 3.08. The number of carbonyl (C=O) groups is 1. The predicted octanol–water partition coefficient (Wildman–Crippen LogP) is 3.34. The first kappa shape index (κ1) is 15.4. The fraction of sp³-hybridized carbons (Fsp3) is 0.267. The molecule has 0 saturated heterocycles. The zero-order valence-electron chi connectivity index (χ0n) is 12.0. The first-order chi connectivity index (χ1) is 10.2. The molecule has 0 unspecified atom stereocenters. The van der Waals surface area contributed by atoms with Crippen molar-refractivity contribution in [3.8, 4) is 0 Å². The highest BCUT2D eigenvalue weighted by atomic mass is 79.9. The summed E-state index contributed by atoms with van der Waals surface area (Å²) in [5.41, 5.74) is 0.999. The second kappa shape index (κ2) is 7.17. The lowest BCUT2D eigenvalue weighted by molar-refractivity contribution is 0.102. The van der Waals surface area contributed by atoms with Crippen LogP contribution in [0, 0.1) is 0 Å². The molecular formula is C15H17BrN4O. The van der Waals surface area contributed by atoms with Gasteiger partial charge in [0.05, 0.1) is 18.1 Å². The molecule has 1 heterocycles. The predicted molar refractivity (Wildman–Crippen MR) is 87.7 cm³/mol. The summed E-state index contributed by atoms with van der Waals surface area (Å²) in [6.45, 7) is 5.82. The Kier molecular flexibility index (Phi) is 5.27. The average molecular weight is 349 g/mol. The number of nitrogens with zero attached hydrogens (tertiary/aromatic N) is 3. The molecule has 21 heavy (non-hydrogen) atoms. The summed E-state index contributed by atoms with van der Waals surface area (Å²) in [4.78, 5) is 22.7. The minimum atomic E-state index is -0.277. The molecule has 0 saturated carbocycles. The van der Waals surface area contributed by atoms with Gasteiger partial charge >= 0.3 is 0 Å². The second-order valence-electron chi connectivity index (χ2n) is 4.37. The van der Waals surface area contributed by atoms with Crippen molar-refractivity contribution in [1.29, 1.82) is 0 Å². The SMILES string of the molecule is CCN(CC)c1cnc(C(=O)Nc2ccccc2Br)cn1. The summed E-state index contributed by atoms with van der Waals surface area (Å²) >= 11 is 3.39. The van der Waals surface area contributed by atoms with Crippen molar-refractivity contribution in [1.82, 2.24) is 9.97 Å². The molecule has 2 rings (SSSR count). The molecule has 1 amide bonds. The zero-order chi connectivity index (χ0) is 15.2. The van der Waals surface area contributed by atoms with E-state index in [4.69, 9.17) is 0 Å². The number of amides is 1. The molecule has 1 aromatic heterocycles. The van der Waals surface area contributed by atoms with E-state index < -0.39 is 0 Å². The molecule has 0 radical (unpaired) electrons. The topological polar surface area (TPSA) is 58.1 Å². The number of benzene rings is 1. The molecule has 1 aromatic carbocycles. The summed E-state index contributed by atoms with van der Waals surface area (Å²) < 4.78 is 0.825. The van der Waals surface area contributed by atoms with Crippen LogP contribution in [0.15, 0.2) is 41.1 Å². The number of rotatable bonds is 5. The monoisotopic (exact) mass is 348 g/mol. The van der Waals surface area contributed by atoms with Gasteiger partial charge < -0.3 is 10.2 Å². The molecule has 2 aromatic rings. The van der Waals surface area contributed by atoms with Crippen molar-refractivity contribution in [2.24, 2.45) is 0 Å². The molecule has 1 N–H and O–H groups in total. The van der Waals surface area contributed by atoms with Gasteiger partial charge in [-0.3, -0.25) is 4.79 Å². The highest BCUT2D eigenvalue weighted by Crippen LogP contribution is 2.21. The van der Waals surface area contributed by atoms with Gasteiger partial charge in [-0.15, -0.1) is 0 Å². The molecule has 6 heteroatoms. The van der Waals surface area contributed by atoms with Crippen molar-refractivity contribution in [2.75, 3.05) is 23.3 Å². The van der Waals surface area contributed by atoms with Crippen LogP contribution in [-0.4, -0.2) is 29.0 Å². The van der Waals surface area contributed by atoms with Crippen LogP contribution in [-0.2, 0) is 0 Å². The van der Waals surface area contributed by atoms with Crippen molar-refractivity contribution < 1.29 is 4.79 Å². The van der Waals surface area contributed by atoms with Gasteiger partial charge in [0, 0.05) is 17.6 Å². The molecule has 0 aliphatic heterocycles. The Morgan fingerprint density at radius 2 is 1.90 bits per heavy atom. The van der Waals surface area contributed by atoms with Crippen molar-refractivity contribution in [3.05, 3.63) is 46.8 Å². The van der Waals surface area contributed by atoms with Gasteiger partial charge in [-0.1, -0.05) is 12.1 Å². The van der Waals surface area contributed by atoms with Gasteiger partial charge in [0.1, 0.15) is 11.5 Å². The van der Waals surface area contributed by atoms with E-state index in [1.54, 1.807) is 6.20 Å². The van der Waals surface area contributed by atoms with Crippen LogP contribution >= 0.6 is 15.9 Å². The van der Waals surface area contributed by atoms with Gasteiger partial charge in [0.2, 0.25) is 0 Å². The number of halogens is 1. The third-order valence-corrected chi connectivity index (χ3v) is 3.77. The Morgan fingerprint density at radius 1 is 1.19 bits per heavy atom. The first-order valence-electron chi connectivity index (χ1n) is 6.78. The lowest BCUT2D eigenvalue weighted by Crippen LogP contribution is -2.23. The minimum absolute atomic E-state index is 0.277. The molecule has 110 valence electrons. The fourth-order valence-electron chi connectivity index (χ4n) is 1.90. The standard InChI is InChI=1S/C15H17BrN4O/c1-3-20(4-2)14-10-17-13(9-18-14)15(21)19-12-8-6-5-7-11(12)16/h5-10H,3-4H2,1-2H3,(H,19,21).